The molecule has 0 spiro atoms. The van der Waals surface area contributed by atoms with Gasteiger partial charge in [-0.2, -0.15) is 0 Å². The number of amides is 1. The molecule has 0 aliphatic carbocycles. The Labute approximate surface area is 88.8 Å². The standard InChI is InChI=1S/C10H14N2O3/c1-12(2)8-4-3-7-11-9(13)5-6-10(14)15/h5-6H,7-8H2,1-2H3,(H,11,13)(H,14,15)/b6-5-. The first-order valence-corrected chi connectivity index (χ1v) is 4.31. The molecule has 15 heavy (non-hydrogen) atoms. The summed E-state index contributed by atoms with van der Waals surface area (Å²) in [6.45, 7) is 0.845. The third-order valence-electron chi connectivity index (χ3n) is 1.25. The van der Waals surface area contributed by atoms with Crippen LogP contribution < -0.4 is 5.32 Å². The van der Waals surface area contributed by atoms with Crippen LogP contribution in [0.15, 0.2) is 12.2 Å². The normalized spacial score (nSPS) is 9.80. The first-order chi connectivity index (χ1) is 7.02. The van der Waals surface area contributed by atoms with Crippen LogP contribution in [0.3, 0.4) is 0 Å². The van der Waals surface area contributed by atoms with E-state index in [-0.39, 0.29) is 6.54 Å². The molecule has 0 aromatic carbocycles. The van der Waals surface area contributed by atoms with Crippen molar-refractivity contribution in [3.8, 4) is 11.8 Å². The van der Waals surface area contributed by atoms with E-state index in [2.05, 4.69) is 17.2 Å². The van der Waals surface area contributed by atoms with Crippen LogP contribution in [0.2, 0.25) is 0 Å². The van der Waals surface area contributed by atoms with E-state index in [0.717, 1.165) is 12.2 Å². The van der Waals surface area contributed by atoms with E-state index in [1.807, 2.05) is 19.0 Å². The maximum absolute atomic E-state index is 10.9. The Morgan fingerprint density at radius 2 is 2.00 bits per heavy atom. The van der Waals surface area contributed by atoms with Gasteiger partial charge in [0.15, 0.2) is 0 Å². The predicted octanol–water partition coefficient (Wildman–Crippen LogP) is -0.692. The van der Waals surface area contributed by atoms with Crippen LogP contribution in [0, 0.1) is 11.8 Å². The minimum Gasteiger partial charge on any atom is -0.478 e. The van der Waals surface area contributed by atoms with Gasteiger partial charge < -0.3 is 10.4 Å². The fraction of sp³-hybridized carbons (Fsp3) is 0.400. The Hall–Kier alpha value is -1.80. The van der Waals surface area contributed by atoms with Gasteiger partial charge >= 0.3 is 5.97 Å². The number of aliphatic carboxylic acids is 1. The van der Waals surface area contributed by atoms with Crippen LogP contribution in [0.25, 0.3) is 0 Å². The Morgan fingerprint density at radius 1 is 1.33 bits per heavy atom. The van der Waals surface area contributed by atoms with Crippen LogP contribution in [0.1, 0.15) is 0 Å². The zero-order valence-corrected chi connectivity index (χ0v) is 8.78. The van der Waals surface area contributed by atoms with Crippen molar-refractivity contribution in [2.45, 2.75) is 0 Å². The highest BCUT2D eigenvalue weighted by molar-refractivity contribution is 5.93. The van der Waals surface area contributed by atoms with Gasteiger partial charge in [-0.25, -0.2) is 4.79 Å². The number of hydrogen-bond donors (Lipinski definition) is 2. The molecule has 82 valence electrons. The van der Waals surface area contributed by atoms with Crippen molar-refractivity contribution in [1.82, 2.24) is 10.2 Å². The van der Waals surface area contributed by atoms with E-state index < -0.39 is 11.9 Å². The summed E-state index contributed by atoms with van der Waals surface area (Å²) in [5, 5.41) is 10.7. The second kappa shape index (κ2) is 7.59. The average molecular weight is 210 g/mol. The summed E-state index contributed by atoms with van der Waals surface area (Å²) < 4.78 is 0. The molecule has 0 aromatic rings. The Bertz CT molecular complexity index is 310. The predicted molar refractivity (Wildman–Crippen MR) is 56.1 cm³/mol. The van der Waals surface area contributed by atoms with Gasteiger partial charge in [-0.1, -0.05) is 11.8 Å². The maximum atomic E-state index is 10.9. The van der Waals surface area contributed by atoms with Gasteiger partial charge in [0.1, 0.15) is 0 Å². The second-order valence-corrected chi connectivity index (χ2v) is 2.98. The highest BCUT2D eigenvalue weighted by atomic mass is 16.4. The molecule has 2 N–H and O–H groups in total. The molecule has 0 bridgehead atoms. The van der Waals surface area contributed by atoms with Crippen LogP contribution >= 0.6 is 0 Å². The minimum atomic E-state index is -1.15. The number of carbonyl (C=O) groups excluding carboxylic acids is 1. The lowest BCUT2D eigenvalue weighted by molar-refractivity contribution is -0.131. The van der Waals surface area contributed by atoms with Gasteiger partial charge in [0.2, 0.25) is 5.91 Å². The summed E-state index contributed by atoms with van der Waals surface area (Å²) >= 11 is 0. The molecule has 0 saturated heterocycles. The van der Waals surface area contributed by atoms with Crippen molar-refractivity contribution in [3.63, 3.8) is 0 Å². The number of carboxylic acid groups (broad SMARTS) is 1. The Morgan fingerprint density at radius 3 is 2.53 bits per heavy atom. The third-order valence-corrected chi connectivity index (χ3v) is 1.25. The van der Waals surface area contributed by atoms with Crippen molar-refractivity contribution >= 4 is 11.9 Å². The summed E-state index contributed by atoms with van der Waals surface area (Å²) in [7, 11) is 3.78. The third kappa shape index (κ3) is 10.1. The lowest BCUT2D eigenvalue weighted by Crippen LogP contribution is -2.21. The highest BCUT2D eigenvalue weighted by Gasteiger charge is 1.93. The first kappa shape index (κ1) is 13.2. The smallest absolute Gasteiger partial charge is 0.328 e. The van der Waals surface area contributed by atoms with Gasteiger partial charge in [0.25, 0.3) is 0 Å². The largest absolute Gasteiger partial charge is 0.478 e. The first-order valence-electron chi connectivity index (χ1n) is 4.31. The van der Waals surface area contributed by atoms with Crippen molar-refractivity contribution in [3.05, 3.63) is 12.2 Å². The molecule has 5 nitrogen and oxygen atoms in total. The molecule has 0 atom stereocenters. The molecular formula is C10H14N2O3. The summed E-state index contributed by atoms with van der Waals surface area (Å²) in [5.74, 6) is 3.95. The van der Waals surface area contributed by atoms with Crippen LogP contribution in [0.5, 0.6) is 0 Å². The molecule has 0 aliphatic heterocycles. The van der Waals surface area contributed by atoms with E-state index in [1.54, 1.807) is 0 Å². The molecule has 0 radical (unpaired) electrons. The van der Waals surface area contributed by atoms with E-state index in [0.29, 0.717) is 6.54 Å². The summed E-state index contributed by atoms with van der Waals surface area (Å²) in [6.07, 6.45) is 1.73. The molecule has 0 heterocycles. The van der Waals surface area contributed by atoms with Gasteiger partial charge in [-0.05, 0) is 14.1 Å². The summed E-state index contributed by atoms with van der Waals surface area (Å²) in [6, 6.07) is 0. The van der Waals surface area contributed by atoms with Crippen LogP contribution in [-0.4, -0.2) is 49.1 Å². The number of carboxylic acids is 1. The number of hydrogen-bond acceptors (Lipinski definition) is 3. The number of nitrogens with one attached hydrogen (secondary N) is 1. The van der Waals surface area contributed by atoms with Crippen LogP contribution in [-0.2, 0) is 9.59 Å². The lowest BCUT2D eigenvalue weighted by atomic mass is 10.4. The number of rotatable bonds is 4. The van der Waals surface area contributed by atoms with Gasteiger partial charge in [0, 0.05) is 12.2 Å². The minimum absolute atomic E-state index is 0.219. The fourth-order valence-corrected chi connectivity index (χ4v) is 0.614. The zero-order valence-electron chi connectivity index (χ0n) is 8.78. The monoisotopic (exact) mass is 210 g/mol. The molecule has 5 heteroatoms. The summed E-state index contributed by atoms with van der Waals surface area (Å²) in [4.78, 5) is 22.9. The molecule has 0 aromatic heterocycles. The number of nitrogens with zero attached hydrogens (tertiary/aromatic N) is 1. The van der Waals surface area contributed by atoms with Crippen molar-refractivity contribution in [1.29, 1.82) is 0 Å². The second-order valence-electron chi connectivity index (χ2n) is 2.98. The van der Waals surface area contributed by atoms with Gasteiger partial charge in [0.05, 0.1) is 13.1 Å². The van der Waals surface area contributed by atoms with E-state index in [4.69, 9.17) is 5.11 Å². The molecular weight excluding hydrogens is 196 g/mol. The number of carbonyl (C=O) groups is 2. The quantitative estimate of drug-likeness (QED) is 0.476. The molecule has 0 aliphatic rings. The topological polar surface area (TPSA) is 69.6 Å². The molecule has 0 rings (SSSR count). The SMILES string of the molecule is CN(C)CC#CCNC(=O)/C=C\C(=O)O. The van der Waals surface area contributed by atoms with Crippen molar-refractivity contribution < 1.29 is 14.7 Å². The zero-order chi connectivity index (χ0) is 11.7. The van der Waals surface area contributed by atoms with Crippen molar-refractivity contribution in [2.24, 2.45) is 0 Å². The summed E-state index contributed by atoms with van der Waals surface area (Å²) in [5.41, 5.74) is 0. The van der Waals surface area contributed by atoms with Gasteiger partial charge in [-0.15, -0.1) is 0 Å². The van der Waals surface area contributed by atoms with Gasteiger partial charge in [-0.3, -0.25) is 9.69 Å². The van der Waals surface area contributed by atoms with E-state index >= 15 is 0 Å². The molecule has 0 saturated carbocycles. The Balaban J connectivity index is 3.71. The molecule has 1 amide bonds. The highest BCUT2D eigenvalue weighted by Crippen LogP contribution is 1.74. The fourth-order valence-electron chi connectivity index (χ4n) is 0.614. The van der Waals surface area contributed by atoms with Crippen LogP contribution in [0.4, 0.5) is 0 Å². The average Bonchev–Trinajstić information content (AvgIpc) is 2.13. The Kier molecular flexibility index (Phi) is 6.68. The van der Waals surface area contributed by atoms with E-state index in [9.17, 15) is 9.59 Å². The van der Waals surface area contributed by atoms with E-state index in [1.165, 1.54) is 0 Å². The van der Waals surface area contributed by atoms with Crippen molar-refractivity contribution in [2.75, 3.05) is 27.2 Å². The lowest BCUT2D eigenvalue weighted by Gasteiger charge is -2.00. The molecule has 0 fully saturated rings. The maximum Gasteiger partial charge on any atom is 0.328 e. The molecule has 0 unspecified atom stereocenters.